The third kappa shape index (κ3) is 5.06. The Kier molecular flexibility index (Phi) is 7.52. The number of likely N-dealkylation sites (N-methyl/N-ethyl adjacent to an activating group) is 2. The predicted molar refractivity (Wildman–Crippen MR) is 84.5 cm³/mol. The smallest absolute Gasteiger partial charge is 0.225 e. The summed E-state index contributed by atoms with van der Waals surface area (Å²) in [6.45, 7) is 6.73. The average molecular weight is 283 g/mol. The summed E-state index contributed by atoms with van der Waals surface area (Å²) < 4.78 is 0. The minimum absolute atomic E-state index is 0.227. The van der Waals surface area contributed by atoms with Gasteiger partial charge in [0.2, 0.25) is 5.91 Å². The molecule has 1 fully saturated rings. The Bertz CT molecular complexity index is 291. The van der Waals surface area contributed by atoms with Crippen molar-refractivity contribution in [3.8, 4) is 0 Å². The number of hydrogen-bond acceptors (Lipinski definition) is 3. The van der Waals surface area contributed by atoms with E-state index >= 15 is 0 Å². The van der Waals surface area contributed by atoms with Crippen molar-refractivity contribution < 1.29 is 4.79 Å². The van der Waals surface area contributed by atoms with E-state index in [1.807, 2.05) is 0 Å². The van der Waals surface area contributed by atoms with Crippen LogP contribution in [0.2, 0.25) is 0 Å². The molecule has 1 amide bonds. The topological polar surface area (TPSA) is 49.6 Å². The molecular formula is C16H33N3O. The predicted octanol–water partition coefficient (Wildman–Crippen LogP) is 1.94. The molecule has 2 N–H and O–H groups in total. The Morgan fingerprint density at radius 3 is 2.60 bits per heavy atom. The number of carbonyl (C=O) groups is 1. The molecule has 4 heteroatoms. The van der Waals surface area contributed by atoms with Gasteiger partial charge >= 0.3 is 0 Å². The van der Waals surface area contributed by atoms with E-state index in [4.69, 9.17) is 5.73 Å². The highest BCUT2D eigenvalue weighted by molar-refractivity contribution is 5.79. The van der Waals surface area contributed by atoms with Crippen LogP contribution in [0.25, 0.3) is 0 Å². The number of carbonyl (C=O) groups excluding carboxylic acids is 1. The van der Waals surface area contributed by atoms with Gasteiger partial charge in [-0.15, -0.1) is 0 Å². The fourth-order valence-corrected chi connectivity index (χ4v) is 3.56. The lowest BCUT2D eigenvalue weighted by molar-refractivity contribution is -0.139. The third-order valence-electron chi connectivity index (χ3n) is 4.49. The first-order valence-corrected chi connectivity index (χ1v) is 8.14. The van der Waals surface area contributed by atoms with Crippen molar-refractivity contribution in [2.75, 3.05) is 33.7 Å². The number of rotatable bonds is 7. The third-order valence-corrected chi connectivity index (χ3v) is 4.49. The zero-order chi connectivity index (χ0) is 15.1. The zero-order valence-electron chi connectivity index (χ0n) is 13.8. The van der Waals surface area contributed by atoms with Gasteiger partial charge in [-0.25, -0.2) is 0 Å². The second kappa shape index (κ2) is 8.63. The minimum Gasteiger partial charge on any atom is -0.339 e. The van der Waals surface area contributed by atoms with Gasteiger partial charge in [0.1, 0.15) is 0 Å². The van der Waals surface area contributed by atoms with E-state index in [-0.39, 0.29) is 12.0 Å². The standard InChI is InChI=1S/C16H33N3O/c1-5-19(13(2)12-18(3)4)16(20)15-8-6-7-14(11-15)9-10-17/h13-15H,5-12,17H2,1-4H3. The molecule has 0 aromatic heterocycles. The Hall–Kier alpha value is -0.610. The summed E-state index contributed by atoms with van der Waals surface area (Å²) in [5, 5.41) is 0. The van der Waals surface area contributed by atoms with E-state index in [9.17, 15) is 4.79 Å². The highest BCUT2D eigenvalue weighted by atomic mass is 16.2. The molecule has 0 aromatic carbocycles. The van der Waals surface area contributed by atoms with Gasteiger partial charge in [0, 0.05) is 25.0 Å². The van der Waals surface area contributed by atoms with Gasteiger partial charge in [0.25, 0.3) is 0 Å². The lowest BCUT2D eigenvalue weighted by Crippen LogP contribution is -2.47. The van der Waals surface area contributed by atoms with E-state index in [0.717, 1.165) is 38.9 Å². The number of hydrogen-bond donors (Lipinski definition) is 1. The summed E-state index contributed by atoms with van der Waals surface area (Å²) in [7, 11) is 4.12. The van der Waals surface area contributed by atoms with E-state index in [2.05, 4.69) is 37.7 Å². The van der Waals surface area contributed by atoms with Crippen LogP contribution in [0.3, 0.4) is 0 Å². The van der Waals surface area contributed by atoms with Crippen LogP contribution in [0.15, 0.2) is 0 Å². The van der Waals surface area contributed by atoms with Crippen molar-refractivity contribution in [2.24, 2.45) is 17.6 Å². The molecule has 0 bridgehead atoms. The molecule has 1 rings (SSSR count). The maximum Gasteiger partial charge on any atom is 0.225 e. The Labute approximate surface area is 124 Å². The van der Waals surface area contributed by atoms with Crippen molar-refractivity contribution in [1.82, 2.24) is 9.80 Å². The summed E-state index contributed by atoms with van der Waals surface area (Å²) in [6.07, 6.45) is 5.61. The van der Waals surface area contributed by atoms with Crippen LogP contribution in [0.4, 0.5) is 0 Å². The molecule has 1 aliphatic rings. The molecular weight excluding hydrogens is 250 g/mol. The van der Waals surface area contributed by atoms with Crippen molar-refractivity contribution in [3.05, 3.63) is 0 Å². The molecule has 20 heavy (non-hydrogen) atoms. The van der Waals surface area contributed by atoms with Crippen molar-refractivity contribution in [3.63, 3.8) is 0 Å². The van der Waals surface area contributed by atoms with Gasteiger partial charge in [-0.05, 0) is 59.7 Å². The van der Waals surface area contributed by atoms with Crippen LogP contribution in [0.5, 0.6) is 0 Å². The molecule has 3 unspecified atom stereocenters. The lowest BCUT2D eigenvalue weighted by Gasteiger charge is -2.36. The van der Waals surface area contributed by atoms with Crippen molar-refractivity contribution >= 4 is 5.91 Å². The summed E-state index contributed by atoms with van der Waals surface area (Å²) in [5.41, 5.74) is 5.67. The van der Waals surface area contributed by atoms with E-state index in [1.165, 1.54) is 12.8 Å². The summed E-state index contributed by atoms with van der Waals surface area (Å²) in [4.78, 5) is 17.0. The quantitative estimate of drug-likeness (QED) is 0.777. The maximum atomic E-state index is 12.8. The molecule has 1 saturated carbocycles. The fourth-order valence-electron chi connectivity index (χ4n) is 3.56. The second-order valence-electron chi connectivity index (χ2n) is 6.54. The Morgan fingerprint density at radius 1 is 1.35 bits per heavy atom. The SMILES string of the molecule is CCN(C(=O)C1CCCC(CCN)C1)C(C)CN(C)C. The van der Waals surface area contributed by atoms with E-state index < -0.39 is 0 Å². The second-order valence-corrected chi connectivity index (χ2v) is 6.54. The zero-order valence-corrected chi connectivity index (χ0v) is 13.8. The highest BCUT2D eigenvalue weighted by Crippen LogP contribution is 2.32. The minimum atomic E-state index is 0.227. The van der Waals surface area contributed by atoms with Crippen molar-refractivity contribution in [1.29, 1.82) is 0 Å². The van der Waals surface area contributed by atoms with Gasteiger partial charge in [0.05, 0.1) is 0 Å². The fraction of sp³-hybridized carbons (Fsp3) is 0.938. The van der Waals surface area contributed by atoms with Crippen LogP contribution in [0, 0.1) is 11.8 Å². The van der Waals surface area contributed by atoms with Gasteiger partial charge < -0.3 is 15.5 Å². The molecule has 0 aliphatic heterocycles. The Morgan fingerprint density at radius 2 is 2.05 bits per heavy atom. The highest BCUT2D eigenvalue weighted by Gasteiger charge is 2.31. The summed E-state index contributed by atoms with van der Waals surface area (Å²) in [5.74, 6) is 1.25. The van der Waals surface area contributed by atoms with Gasteiger partial charge in [-0.2, -0.15) is 0 Å². The molecule has 3 atom stereocenters. The summed E-state index contributed by atoms with van der Waals surface area (Å²) >= 11 is 0. The first-order valence-electron chi connectivity index (χ1n) is 8.14. The van der Waals surface area contributed by atoms with Crippen LogP contribution in [0.1, 0.15) is 46.0 Å². The molecule has 1 aliphatic carbocycles. The largest absolute Gasteiger partial charge is 0.339 e. The molecule has 4 nitrogen and oxygen atoms in total. The monoisotopic (exact) mass is 283 g/mol. The molecule has 0 spiro atoms. The van der Waals surface area contributed by atoms with Crippen LogP contribution in [-0.4, -0.2) is 55.5 Å². The maximum absolute atomic E-state index is 12.8. The van der Waals surface area contributed by atoms with Gasteiger partial charge in [-0.1, -0.05) is 12.8 Å². The first-order chi connectivity index (χ1) is 9.49. The molecule has 118 valence electrons. The first kappa shape index (κ1) is 17.4. The van der Waals surface area contributed by atoms with E-state index in [1.54, 1.807) is 0 Å². The van der Waals surface area contributed by atoms with Crippen molar-refractivity contribution in [2.45, 2.75) is 52.0 Å². The molecule has 0 radical (unpaired) electrons. The number of nitrogens with zero attached hydrogens (tertiary/aromatic N) is 2. The van der Waals surface area contributed by atoms with Crippen LogP contribution < -0.4 is 5.73 Å². The summed E-state index contributed by atoms with van der Waals surface area (Å²) in [6, 6.07) is 0.289. The lowest BCUT2D eigenvalue weighted by atomic mass is 9.79. The Balaban J connectivity index is 2.60. The molecule has 0 aromatic rings. The molecule has 0 heterocycles. The van der Waals surface area contributed by atoms with Crippen LogP contribution in [-0.2, 0) is 4.79 Å². The normalized spacial score (nSPS) is 24.7. The van der Waals surface area contributed by atoms with Crippen LogP contribution >= 0.6 is 0 Å². The average Bonchev–Trinajstić information content (AvgIpc) is 2.39. The number of amides is 1. The van der Waals surface area contributed by atoms with Gasteiger partial charge in [0.15, 0.2) is 0 Å². The molecule has 0 saturated heterocycles. The number of nitrogens with two attached hydrogens (primary N) is 1. The van der Waals surface area contributed by atoms with Gasteiger partial charge in [-0.3, -0.25) is 4.79 Å². The van der Waals surface area contributed by atoms with E-state index in [0.29, 0.717) is 11.8 Å².